The molecule has 0 aromatic carbocycles. The van der Waals surface area contributed by atoms with E-state index in [-0.39, 0.29) is 0 Å². The summed E-state index contributed by atoms with van der Waals surface area (Å²) in [5.41, 5.74) is 0. The molecular weight excluding hydrogens is 497 g/mol. The summed E-state index contributed by atoms with van der Waals surface area (Å²) in [6.45, 7) is 0. The molecule has 0 aliphatic heterocycles. The van der Waals surface area contributed by atoms with Crippen LogP contribution in [0.1, 0.15) is 0 Å². The summed E-state index contributed by atoms with van der Waals surface area (Å²) in [6.07, 6.45) is -7.90. The van der Waals surface area contributed by atoms with E-state index in [4.69, 9.17) is 2.82 Å². The van der Waals surface area contributed by atoms with Crippen LogP contribution in [0.5, 0.6) is 0 Å². The van der Waals surface area contributed by atoms with Crippen LogP contribution in [0, 0.1) is 0 Å². The van der Waals surface area contributed by atoms with Gasteiger partial charge in [0.2, 0.25) is 0 Å². The maximum Gasteiger partial charge on any atom is 0.460 e. The van der Waals surface area contributed by atoms with E-state index >= 15 is 0 Å². The quantitative estimate of drug-likeness (QED) is 0.507. The third kappa shape index (κ3) is 3.26. The van der Waals surface area contributed by atoms with Crippen molar-refractivity contribution in [2.75, 3.05) is 0 Å². The Morgan fingerprint density at radius 2 is 0.724 bits per heavy atom. The monoisotopic (exact) mass is 501 g/mol. The van der Waals surface area contributed by atoms with Crippen molar-refractivity contribution in [3.05, 3.63) is 0 Å². The third-order valence-corrected chi connectivity index (χ3v) is 3.92. The number of alkyl halides is 17. The summed E-state index contributed by atoms with van der Waals surface area (Å²) in [4.78, 5) is 0. The summed E-state index contributed by atoms with van der Waals surface area (Å²) in [7, 11) is -7.80. The maximum absolute atomic E-state index is 13.3. The van der Waals surface area contributed by atoms with E-state index in [1.807, 2.05) is 0 Å². The second kappa shape index (κ2) is 6.36. The van der Waals surface area contributed by atoms with E-state index < -0.39 is 62.1 Å². The zero-order chi connectivity index (χ0) is 26.1. The molecule has 0 bridgehead atoms. The summed E-state index contributed by atoms with van der Waals surface area (Å²) in [5.74, 6) is -52.2. The van der Waals surface area contributed by atoms with Gasteiger partial charge in [-0.3, -0.25) is 0 Å². The number of sulfonamides is 1. The molecular formula is C8H2F17NO2S. The van der Waals surface area contributed by atoms with Gasteiger partial charge in [0.25, 0.3) is 10.0 Å². The summed E-state index contributed by atoms with van der Waals surface area (Å²) in [6, 6.07) is 0. The molecule has 3 nitrogen and oxygen atoms in total. The van der Waals surface area contributed by atoms with Crippen molar-refractivity contribution in [1.29, 1.82) is 0 Å². The molecule has 21 heteroatoms. The van der Waals surface area contributed by atoms with Crippen LogP contribution in [0.3, 0.4) is 0 Å². The number of primary sulfonamides is 1. The van der Waals surface area contributed by atoms with E-state index in [1.54, 1.807) is 0 Å². The minimum absolute atomic E-state index is 2.53. The fourth-order valence-corrected chi connectivity index (χ4v) is 1.76. The lowest BCUT2D eigenvalue weighted by atomic mass is 9.91. The Hall–Kier alpha value is -1.28. The summed E-state index contributed by atoms with van der Waals surface area (Å²) >= 11 is 0. The number of nitrogens with two attached hydrogens (primary N) is 1. The van der Waals surface area contributed by atoms with Gasteiger partial charge in [-0.25, -0.2) is 13.5 Å². The highest BCUT2D eigenvalue weighted by Gasteiger charge is 2.96. The molecule has 29 heavy (non-hydrogen) atoms. The van der Waals surface area contributed by atoms with E-state index in [1.165, 1.54) is 0 Å². The van der Waals surface area contributed by atoms with Gasteiger partial charge in [0.1, 0.15) is 2.82 Å². The smallest absolute Gasteiger partial charge is 0.223 e. The number of rotatable bonds is 8. The summed E-state index contributed by atoms with van der Waals surface area (Å²) in [5, 5.41) is -10.4. The Kier molecular flexibility index (Phi) is 5.26. The molecule has 0 saturated carbocycles. The fourth-order valence-electron chi connectivity index (χ4n) is 1.31. The third-order valence-electron chi connectivity index (χ3n) is 3.02. The topological polar surface area (TPSA) is 60.2 Å². The Morgan fingerprint density at radius 1 is 0.483 bits per heavy atom. The van der Waals surface area contributed by atoms with Crippen molar-refractivity contribution >= 4 is 10.0 Å². The van der Waals surface area contributed by atoms with Crippen molar-refractivity contribution in [3.8, 4) is 0 Å². The Labute approximate surface area is 149 Å². The summed E-state index contributed by atoms with van der Waals surface area (Å²) < 4.78 is 251. The van der Waals surface area contributed by atoms with Crippen molar-refractivity contribution in [1.82, 2.24) is 0 Å². The molecule has 0 aliphatic carbocycles. The maximum atomic E-state index is 13.3. The molecule has 0 rings (SSSR count). The van der Waals surface area contributed by atoms with E-state index in [9.17, 15) is 83.1 Å². The Bertz CT molecular complexity index is 788. The van der Waals surface area contributed by atoms with Crippen molar-refractivity contribution in [2.45, 2.75) is 47.0 Å². The predicted molar refractivity (Wildman–Crippen MR) is 53.8 cm³/mol. The lowest BCUT2D eigenvalue weighted by Crippen LogP contribution is -2.75. The minimum atomic E-state index is -8.94. The molecule has 0 spiro atoms. The van der Waals surface area contributed by atoms with Gasteiger partial charge < -0.3 is 0 Å². The molecule has 0 atom stereocenters. The molecule has 0 aromatic rings. The molecule has 0 aliphatic rings. The number of hydrogen-bond acceptors (Lipinski definition) is 2. The zero-order valence-corrected chi connectivity index (χ0v) is 12.9. The van der Waals surface area contributed by atoms with Gasteiger partial charge in [-0.1, -0.05) is 0 Å². The normalized spacial score (nSPS) is 18.0. The molecule has 0 fully saturated rings. The molecule has 0 unspecified atom stereocenters. The molecule has 0 amide bonds. The Balaban J connectivity index is 6.99. The average molecular weight is 501 g/mol. The van der Waals surface area contributed by atoms with Crippen LogP contribution in [-0.2, 0) is 10.0 Å². The Morgan fingerprint density at radius 3 is 0.966 bits per heavy atom. The van der Waals surface area contributed by atoms with Crippen LogP contribution in [0.4, 0.5) is 74.6 Å². The van der Waals surface area contributed by atoms with E-state index in [2.05, 4.69) is 0 Å². The fraction of sp³-hybridized carbons (Fsp3) is 1.00. The van der Waals surface area contributed by atoms with Gasteiger partial charge in [-0.2, -0.15) is 74.6 Å². The second-order valence-electron chi connectivity index (χ2n) is 4.94. The second-order valence-corrected chi connectivity index (χ2v) is 6.40. The number of hydrogen-bond donors (Lipinski definition) is 1. The minimum Gasteiger partial charge on any atom is -0.223 e. The van der Waals surface area contributed by atoms with Crippen LogP contribution in [0.2, 0.25) is 2.82 Å². The van der Waals surface area contributed by atoms with E-state index in [0.29, 0.717) is 0 Å². The standard InChI is InChI=1S/C8H2F17NO2S/c9-1(10,3(13,14)5(17,18)7(21,22)23)2(11,12)4(15,16)6(19,20)8(24,25)29(26,27)28/h(H2,26,27,28)/i/hD2. The van der Waals surface area contributed by atoms with Gasteiger partial charge in [0.05, 0.1) is 0 Å². The molecule has 176 valence electrons. The van der Waals surface area contributed by atoms with Crippen LogP contribution in [0.15, 0.2) is 0 Å². The number of halogens is 17. The molecule has 0 saturated heterocycles. The molecule has 0 aromatic heterocycles. The predicted octanol–water partition coefficient (Wildman–Crippen LogP) is 4.24. The van der Waals surface area contributed by atoms with Crippen molar-refractivity contribution in [2.24, 2.45) is 5.13 Å². The molecule has 0 heterocycles. The van der Waals surface area contributed by atoms with Crippen LogP contribution in [0.25, 0.3) is 0 Å². The highest BCUT2D eigenvalue weighted by Crippen LogP contribution is 2.64. The largest absolute Gasteiger partial charge is 0.460 e. The highest BCUT2D eigenvalue weighted by molar-refractivity contribution is 7.90. The van der Waals surface area contributed by atoms with Gasteiger partial charge in [0, 0.05) is 0 Å². The first-order valence-corrected chi connectivity index (χ1v) is 7.12. The molecule has 2 N–H and O–H groups in total. The first-order chi connectivity index (χ1) is 12.9. The lowest BCUT2D eigenvalue weighted by Gasteiger charge is -2.42. The van der Waals surface area contributed by atoms with Gasteiger partial charge >= 0.3 is 47.0 Å². The lowest BCUT2D eigenvalue weighted by molar-refractivity contribution is -0.458. The zero-order valence-electron chi connectivity index (χ0n) is 14.1. The molecule has 0 radical (unpaired) electrons. The highest BCUT2D eigenvalue weighted by atomic mass is 32.2. The SMILES string of the molecule is [2H]N([2H])S(=O)(=O)C(F)(F)C(F)(F)C(F)(F)C(F)(F)C(F)(F)C(F)(F)C(F)(F)C(F)(F)F. The van der Waals surface area contributed by atoms with Crippen LogP contribution >= 0.6 is 0 Å². The first-order valence-electron chi connectivity index (χ1n) is 6.58. The van der Waals surface area contributed by atoms with Crippen LogP contribution < -0.4 is 5.13 Å². The van der Waals surface area contributed by atoms with E-state index in [0.717, 1.165) is 0 Å². The average Bonchev–Trinajstić information content (AvgIpc) is 2.52. The first kappa shape index (κ1) is 24.0. The van der Waals surface area contributed by atoms with Crippen molar-refractivity contribution < 1.29 is 85.9 Å². The van der Waals surface area contributed by atoms with Crippen LogP contribution in [-0.4, -0.2) is 55.4 Å². The van der Waals surface area contributed by atoms with Gasteiger partial charge in [-0.05, 0) is 0 Å². The van der Waals surface area contributed by atoms with Gasteiger partial charge in [0.15, 0.2) is 0 Å². The van der Waals surface area contributed by atoms with Gasteiger partial charge in [-0.15, -0.1) is 0 Å². The van der Waals surface area contributed by atoms with Crippen molar-refractivity contribution in [3.63, 3.8) is 0 Å².